The van der Waals surface area contributed by atoms with E-state index in [9.17, 15) is 4.39 Å². The van der Waals surface area contributed by atoms with Gasteiger partial charge in [0, 0.05) is 16.7 Å². The second kappa shape index (κ2) is 7.80. The molecule has 0 aliphatic heterocycles. The number of benzene rings is 2. The summed E-state index contributed by atoms with van der Waals surface area (Å²) in [5.41, 5.74) is 4.86. The van der Waals surface area contributed by atoms with Crippen molar-refractivity contribution >= 4 is 23.4 Å². The van der Waals surface area contributed by atoms with Gasteiger partial charge in [-0.2, -0.15) is 0 Å². The molecule has 0 spiro atoms. The van der Waals surface area contributed by atoms with Crippen molar-refractivity contribution in [3.8, 4) is 0 Å². The standard InChI is InChI=1S/C16H18ClFN2S/c1-11-8-13(18)7-6-12(11)9-14(20-19)10-21-16-5-3-2-4-15(16)17/h2-8,14,20H,9-10,19H2,1H3. The number of halogens is 2. The number of hydrogen-bond donors (Lipinski definition) is 2. The number of nitrogens with one attached hydrogen (secondary N) is 1. The lowest BCUT2D eigenvalue weighted by Crippen LogP contribution is -2.38. The number of thioether (sulfide) groups is 1. The zero-order valence-corrected chi connectivity index (χ0v) is 13.3. The first kappa shape index (κ1) is 16.3. The van der Waals surface area contributed by atoms with Crippen LogP contribution in [0.4, 0.5) is 4.39 Å². The summed E-state index contributed by atoms with van der Waals surface area (Å²) in [5, 5.41) is 0.747. The van der Waals surface area contributed by atoms with Gasteiger partial charge in [0.2, 0.25) is 0 Å². The smallest absolute Gasteiger partial charge is 0.123 e. The quantitative estimate of drug-likeness (QED) is 0.480. The van der Waals surface area contributed by atoms with Gasteiger partial charge in [-0.1, -0.05) is 29.8 Å². The Bertz CT molecular complexity index is 607. The molecule has 0 bridgehead atoms. The van der Waals surface area contributed by atoms with E-state index in [-0.39, 0.29) is 11.9 Å². The molecule has 0 aromatic heterocycles. The summed E-state index contributed by atoms with van der Waals surface area (Å²) in [6, 6.07) is 12.7. The van der Waals surface area contributed by atoms with Gasteiger partial charge in [-0.05, 0) is 48.7 Å². The number of nitrogens with two attached hydrogens (primary N) is 1. The molecule has 0 radical (unpaired) electrons. The summed E-state index contributed by atoms with van der Waals surface area (Å²) in [5.74, 6) is 6.21. The van der Waals surface area contributed by atoms with Crippen molar-refractivity contribution in [1.82, 2.24) is 5.43 Å². The van der Waals surface area contributed by atoms with Crippen LogP contribution in [-0.2, 0) is 6.42 Å². The Balaban J connectivity index is 1.99. The van der Waals surface area contributed by atoms with E-state index in [0.717, 1.165) is 33.2 Å². The van der Waals surface area contributed by atoms with E-state index >= 15 is 0 Å². The summed E-state index contributed by atoms with van der Waals surface area (Å²) >= 11 is 7.80. The molecule has 0 saturated carbocycles. The second-order valence-electron chi connectivity index (χ2n) is 4.88. The van der Waals surface area contributed by atoms with E-state index in [1.54, 1.807) is 17.8 Å². The largest absolute Gasteiger partial charge is 0.271 e. The number of hydrogen-bond acceptors (Lipinski definition) is 3. The van der Waals surface area contributed by atoms with Crippen molar-refractivity contribution in [2.45, 2.75) is 24.3 Å². The number of rotatable bonds is 6. The molecule has 112 valence electrons. The predicted octanol–water partition coefficient (Wildman–Crippen LogP) is 3.95. The lowest BCUT2D eigenvalue weighted by atomic mass is 10.0. The third-order valence-electron chi connectivity index (χ3n) is 3.28. The van der Waals surface area contributed by atoms with Gasteiger partial charge in [0.15, 0.2) is 0 Å². The van der Waals surface area contributed by atoms with Gasteiger partial charge in [0.25, 0.3) is 0 Å². The SMILES string of the molecule is Cc1cc(F)ccc1CC(CSc1ccccc1Cl)NN. The molecule has 21 heavy (non-hydrogen) atoms. The first-order chi connectivity index (χ1) is 10.1. The molecule has 1 atom stereocenters. The summed E-state index contributed by atoms with van der Waals surface area (Å²) < 4.78 is 13.1. The molecule has 2 nitrogen and oxygen atoms in total. The van der Waals surface area contributed by atoms with Crippen LogP contribution < -0.4 is 11.3 Å². The van der Waals surface area contributed by atoms with Crippen molar-refractivity contribution in [1.29, 1.82) is 0 Å². The monoisotopic (exact) mass is 324 g/mol. The molecule has 0 aliphatic rings. The van der Waals surface area contributed by atoms with Gasteiger partial charge in [-0.25, -0.2) is 4.39 Å². The lowest BCUT2D eigenvalue weighted by molar-refractivity contribution is 0.572. The molecule has 0 aliphatic carbocycles. The maximum Gasteiger partial charge on any atom is 0.123 e. The van der Waals surface area contributed by atoms with Crippen molar-refractivity contribution in [3.05, 3.63) is 64.4 Å². The Kier molecular flexibility index (Phi) is 6.06. The predicted molar refractivity (Wildman–Crippen MR) is 88.1 cm³/mol. The van der Waals surface area contributed by atoms with Crippen LogP contribution in [0.5, 0.6) is 0 Å². The van der Waals surface area contributed by atoms with E-state index in [1.165, 1.54) is 6.07 Å². The highest BCUT2D eigenvalue weighted by molar-refractivity contribution is 7.99. The fraction of sp³-hybridized carbons (Fsp3) is 0.250. The zero-order chi connectivity index (χ0) is 15.2. The number of aryl methyl sites for hydroxylation is 1. The van der Waals surface area contributed by atoms with Crippen LogP contribution in [0.1, 0.15) is 11.1 Å². The Hall–Kier alpha value is -1.07. The van der Waals surface area contributed by atoms with E-state index in [1.807, 2.05) is 37.3 Å². The van der Waals surface area contributed by atoms with Crippen LogP contribution in [0, 0.1) is 12.7 Å². The summed E-state index contributed by atoms with van der Waals surface area (Å²) in [6.07, 6.45) is 0.750. The van der Waals surface area contributed by atoms with Crippen molar-refractivity contribution in [3.63, 3.8) is 0 Å². The summed E-state index contributed by atoms with van der Waals surface area (Å²) in [7, 11) is 0. The molecular formula is C16H18ClFN2S. The summed E-state index contributed by atoms with van der Waals surface area (Å²) in [6.45, 7) is 1.91. The van der Waals surface area contributed by atoms with Gasteiger partial charge in [0.1, 0.15) is 5.82 Å². The molecule has 0 amide bonds. The van der Waals surface area contributed by atoms with E-state index < -0.39 is 0 Å². The molecule has 0 fully saturated rings. The second-order valence-corrected chi connectivity index (χ2v) is 6.35. The minimum Gasteiger partial charge on any atom is -0.271 e. The fourth-order valence-electron chi connectivity index (χ4n) is 2.07. The molecule has 1 unspecified atom stereocenters. The average Bonchev–Trinajstić information content (AvgIpc) is 2.47. The van der Waals surface area contributed by atoms with E-state index in [0.29, 0.717) is 0 Å². The third kappa shape index (κ3) is 4.71. The van der Waals surface area contributed by atoms with Crippen molar-refractivity contribution in [2.24, 2.45) is 5.84 Å². The highest BCUT2D eigenvalue weighted by Crippen LogP contribution is 2.27. The molecule has 2 rings (SSSR count). The molecule has 5 heteroatoms. The van der Waals surface area contributed by atoms with Crippen molar-refractivity contribution in [2.75, 3.05) is 5.75 Å². The van der Waals surface area contributed by atoms with Crippen LogP contribution in [0.3, 0.4) is 0 Å². The molecule has 2 aromatic carbocycles. The van der Waals surface area contributed by atoms with Crippen LogP contribution in [0.2, 0.25) is 5.02 Å². The normalized spacial score (nSPS) is 12.4. The van der Waals surface area contributed by atoms with Gasteiger partial charge < -0.3 is 0 Å². The third-order valence-corrected chi connectivity index (χ3v) is 4.96. The minimum absolute atomic E-state index is 0.0930. The van der Waals surface area contributed by atoms with Gasteiger partial charge in [-0.15, -0.1) is 11.8 Å². The van der Waals surface area contributed by atoms with Gasteiger partial charge in [-0.3, -0.25) is 11.3 Å². The number of hydrazine groups is 1. The average molecular weight is 325 g/mol. The Labute approximate surface area is 133 Å². The Morgan fingerprint density at radius 1 is 1.29 bits per heavy atom. The zero-order valence-electron chi connectivity index (χ0n) is 11.8. The highest BCUT2D eigenvalue weighted by Gasteiger charge is 2.11. The van der Waals surface area contributed by atoms with Gasteiger partial charge >= 0.3 is 0 Å². The molecule has 0 saturated heterocycles. The summed E-state index contributed by atoms with van der Waals surface area (Å²) in [4.78, 5) is 1.04. The Morgan fingerprint density at radius 2 is 2.05 bits per heavy atom. The minimum atomic E-state index is -0.209. The highest BCUT2D eigenvalue weighted by atomic mass is 35.5. The van der Waals surface area contributed by atoms with Gasteiger partial charge in [0.05, 0.1) is 5.02 Å². The maximum absolute atomic E-state index is 13.1. The topological polar surface area (TPSA) is 38.0 Å². The van der Waals surface area contributed by atoms with Crippen molar-refractivity contribution < 1.29 is 4.39 Å². The fourth-order valence-corrected chi connectivity index (χ4v) is 3.35. The van der Waals surface area contributed by atoms with Crippen LogP contribution >= 0.6 is 23.4 Å². The maximum atomic E-state index is 13.1. The van der Waals surface area contributed by atoms with Crippen LogP contribution in [0.25, 0.3) is 0 Å². The van der Waals surface area contributed by atoms with E-state index in [4.69, 9.17) is 17.4 Å². The Morgan fingerprint density at radius 3 is 2.71 bits per heavy atom. The molecular weight excluding hydrogens is 307 g/mol. The molecule has 0 heterocycles. The van der Waals surface area contributed by atoms with Crippen LogP contribution in [0.15, 0.2) is 47.4 Å². The molecule has 3 N–H and O–H groups in total. The van der Waals surface area contributed by atoms with Crippen LogP contribution in [-0.4, -0.2) is 11.8 Å². The van der Waals surface area contributed by atoms with E-state index in [2.05, 4.69) is 5.43 Å². The first-order valence-corrected chi connectivity index (χ1v) is 8.05. The first-order valence-electron chi connectivity index (χ1n) is 6.68. The lowest BCUT2D eigenvalue weighted by Gasteiger charge is -2.17. The molecule has 2 aromatic rings.